The van der Waals surface area contributed by atoms with Crippen molar-refractivity contribution in [2.24, 2.45) is 5.73 Å². The molecule has 1 fully saturated rings. The minimum absolute atomic E-state index is 0.544. The molecule has 1 aromatic heterocycles. The molecule has 0 amide bonds. The third-order valence-corrected chi connectivity index (χ3v) is 4.73. The van der Waals surface area contributed by atoms with Crippen molar-refractivity contribution in [1.29, 1.82) is 0 Å². The second-order valence-corrected chi connectivity index (χ2v) is 5.67. The van der Waals surface area contributed by atoms with Crippen LogP contribution in [-0.2, 0) is 19.5 Å². The fraction of sp³-hybridized carbons (Fsp3) is 0.769. The highest BCUT2D eigenvalue weighted by atomic mass is 79.9. The van der Waals surface area contributed by atoms with Gasteiger partial charge in [-0.3, -0.25) is 9.58 Å². The van der Waals surface area contributed by atoms with Gasteiger partial charge in [-0.05, 0) is 48.7 Å². The van der Waals surface area contributed by atoms with E-state index in [0.717, 1.165) is 38.3 Å². The molecule has 102 valence electrons. The van der Waals surface area contributed by atoms with Crippen LogP contribution in [0.25, 0.3) is 0 Å². The highest BCUT2D eigenvalue weighted by Crippen LogP contribution is 2.26. The van der Waals surface area contributed by atoms with Gasteiger partial charge in [0, 0.05) is 25.7 Å². The molecule has 2 rings (SSSR count). The van der Waals surface area contributed by atoms with Crippen LogP contribution in [0.15, 0.2) is 4.47 Å². The maximum Gasteiger partial charge on any atom is 0.0767 e. The molecule has 0 bridgehead atoms. The van der Waals surface area contributed by atoms with Gasteiger partial charge in [0.05, 0.1) is 15.9 Å². The number of rotatable bonds is 5. The lowest BCUT2D eigenvalue weighted by Gasteiger charge is -2.23. The molecule has 4 nitrogen and oxygen atoms in total. The van der Waals surface area contributed by atoms with Gasteiger partial charge < -0.3 is 5.73 Å². The topological polar surface area (TPSA) is 47.1 Å². The van der Waals surface area contributed by atoms with Crippen LogP contribution in [-0.4, -0.2) is 33.8 Å². The smallest absolute Gasteiger partial charge is 0.0767 e. The van der Waals surface area contributed by atoms with Gasteiger partial charge in [0.25, 0.3) is 0 Å². The minimum atomic E-state index is 0.544. The Morgan fingerprint density at radius 3 is 2.83 bits per heavy atom. The molecule has 1 unspecified atom stereocenters. The Balaban J connectivity index is 2.19. The SMILES string of the molecule is CCc1nn(CC)c(CN2CCCC2CN)c1Br. The lowest BCUT2D eigenvalue weighted by molar-refractivity contribution is 0.242. The van der Waals surface area contributed by atoms with E-state index in [2.05, 4.69) is 44.5 Å². The van der Waals surface area contributed by atoms with Crippen LogP contribution in [0.3, 0.4) is 0 Å². The first-order valence-corrected chi connectivity index (χ1v) is 7.68. The second kappa shape index (κ2) is 6.17. The molecular formula is C13H23BrN4. The predicted molar refractivity (Wildman–Crippen MR) is 77.5 cm³/mol. The molecule has 1 atom stereocenters. The van der Waals surface area contributed by atoms with Crippen LogP contribution in [0.4, 0.5) is 0 Å². The standard InChI is InChI=1S/C13H23BrN4/c1-3-11-13(14)12(18(4-2)16-11)9-17-7-5-6-10(17)8-15/h10H,3-9,15H2,1-2H3. The van der Waals surface area contributed by atoms with Crippen molar-refractivity contribution in [3.05, 3.63) is 15.9 Å². The quantitative estimate of drug-likeness (QED) is 0.906. The van der Waals surface area contributed by atoms with Crippen molar-refractivity contribution in [2.75, 3.05) is 13.1 Å². The van der Waals surface area contributed by atoms with Crippen LogP contribution in [0.2, 0.25) is 0 Å². The summed E-state index contributed by atoms with van der Waals surface area (Å²) in [5.41, 5.74) is 8.31. The number of likely N-dealkylation sites (tertiary alicyclic amines) is 1. The maximum absolute atomic E-state index is 5.84. The highest BCUT2D eigenvalue weighted by molar-refractivity contribution is 9.10. The zero-order valence-corrected chi connectivity index (χ0v) is 12.9. The zero-order chi connectivity index (χ0) is 13.1. The maximum atomic E-state index is 5.84. The Kier molecular flexibility index (Phi) is 4.81. The number of aryl methyl sites for hydroxylation is 2. The number of halogens is 1. The molecule has 5 heteroatoms. The predicted octanol–water partition coefficient (Wildman–Crippen LogP) is 2.15. The van der Waals surface area contributed by atoms with Crippen molar-refractivity contribution in [1.82, 2.24) is 14.7 Å². The zero-order valence-electron chi connectivity index (χ0n) is 11.3. The summed E-state index contributed by atoms with van der Waals surface area (Å²) in [6.07, 6.45) is 3.47. The van der Waals surface area contributed by atoms with Gasteiger partial charge in [-0.25, -0.2) is 0 Å². The van der Waals surface area contributed by atoms with Gasteiger partial charge in [0.1, 0.15) is 0 Å². The Hall–Kier alpha value is -0.390. The first-order valence-electron chi connectivity index (χ1n) is 6.89. The van der Waals surface area contributed by atoms with E-state index in [1.165, 1.54) is 23.0 Å². The van der Waals surface area contributed by atoms with E-state index in [-0.39, 0.29) is 0 Å². The molecule has 2 heterocycles. The van der Waals surface area contributed by atoms with Gasteiger partial charge in [0.15, 0.2) is 0 Å². The summed E-state index contributed by atoms with van der Waals surface area (Å²) in [7, 11) is 0. The molecule has 1 aliphatic rings. The molecular weight excluding hydrogens is 292 g/mol. The monoisotopic (exact) mass is 314 g/mol. The van der Waals surface area contributed by atoms with E-state index in [1.807, 2.05) is 0 Å². The minimum Gasteiger partial charge on any atom is -0.329 e. The van der Waals surface area contributed by atoms with Crippen molar-refractivity contribution >= 4 is 15.9 Å². The molecule has 0 aromatic carbocycles. The summed E-state index contributed by atoms with van der Waals surface area (Å²) in [4.78, 5) is 2.49. The Bertz CT molecular complexity index is 402. The van der Waals surface area contributed by atoms with E-state index < -0.39 is 0 Å². The fourth-order valence-electron chi connectivity index (χ4n) is 2.73. The van der Waals surface area contributed by atoms with E-state index >= 15 is 0 Å². The molecule has 2 N–H and O–H groups in total. The van der Waals surface area contributed by atoms with Gasteiger partial charge in [-0.2, -0.15) is 5.10 Å². The summed E-state index contributed by atoms with van der Waals surface area (Å²) in [5.74, 6) is 0. The summed E-state index contributed by atoms with van der Waals surface area (Å²) in [5, 5.41) is 4.65. The van der Waals surface area contributed by atoms with Crippen molar-refractivity contribution < 1.29 is 0 Å². The highest BCUT2D eigenvalue weighted by Gasteiger charge is 2.25. The first-order chi connectivity index (χ1) is 8.71. The van der Waals surface area contributed by atoms with Gasteiger partial charge >= 0.3 is 0 Å². The number of aromatic nitrogens is 2. The summed E-state index contributed by atoms with van der Waals surface area (Å²) in [6, 6.07) is 0.544. The van der Waals surface area contributed by atoms with Crippen LogP contribution in [0.5, 0.6) is 0 Å². The Morgan fingerprint density at radius 2 is 2.22 bits per heavy atom. The third-order valence-electron chi connectivity index (χ3n) is 3.82. The molecule has 0 radical (unpaired) electrons. The molecule has 18 heavy (non-hydrogen) atoms. The summed E-state index contributed by atoms with van der Waals surface area (Å²) >= 11 is 3.71. The van der Waals surface area contributed by atoms with Gasteiger partial charge in [0.2, 0.25) is 0 Å². The Morgan fingerprint density at radius 1 is 1.44 bits per heavy atom. The molecule has 0 saturated carbocycles. The summed E-state index contributed by atoms with van der Waals surface area (Å²) < 4.78 is 3.31. The molecule has 1 aliphatic heterocycles. The normalized spacial score (nSPS) is 20.8. The average molecular weight is 315 g/mol. The molecule has 0 aliphatic carbocycles. The van der Waals surface area contributed by atoms with Crippen LogP contribution >= 0.6 is 15.9 Å². The number of nitrogens with two attached hydrogens (primary N) is 1. The van der Waals surface area contributed by atoms with Gasteiger partial charge in [-0.15, -0.1) is 0 Å². The van der Waals surface area contributed by atoms with Gasteiger partial charge in [-0.1, -0.05) is 6.92 Å². The van der Waals surface area contributed by atoms with Crippen LogP contribution in [0, 0.1) is 0 Å². The average Bonchev–Trinajstić information content (AvgIpc) is 2.95. The third kappa shape index (κ3) is 2.63. The second-order valence-electron chi connectivity index (χ2n) is 4.88. The van der Waals surface area contributed by atoms with Crippen molar-refractivity contribution in [2.45, 2.75) is 52.2 Å². The molecule has 1 aromatic rings. The van der Waals surface area contributed by atoms with Crippen LogP contribution < -0.4 is 5.73 Å². The Labute approximate surface area is 118 Å². The first kappa shape index (κ1) is 14.0. The number of hydrogen-bond donors (Lipinski definition) is 1. The number of hydrogen-bond acceptors (Lipinski definition) is 3. The van der Waals surface area contributed by atoms with E-state index in [4.69, 9.17) is 5.73 Å². The van der Waals surface area contributed by atoms with E-state index in [1.54, 1.807) is 0 Å². The summed E-state index contributed by atoms with van der Waals surface area (Å²) in [6.45, 7) is 8.10. The molecule has 0 spiro atoms. The van der Waals surface area contributed by atoms with Crippen molar-refractivity contribution in [3.8, 4) is 0 Å². The fourth-order valence-corrected chi connectivity index (χ4v) is 3.42. The van der Waals surface area contributed by atoms with E-state index in [0.29, 0.717) is 6.04 Å². The van der Waals surface area contributed by atoms with E-state index in [9.17, 15) is 0 Å². The largest absolute Gasteiger partial charge is 0.329 e. The van der Waals surface area contributed by atoms with Crippen molar-refractivity contribution in [3.63, 3.8) is 0 Å². The number of nitrogens with zero attached hydrogens (tertiary/aromatic N) is 3. The molecule has 1 saturated heterocycles. The van der Waals surface area contributed by atoms with Crippen LogP contribution in [0.1, 0.15) is 38.1 Å². The lowest BCUT2D eigenvalue weighted by Crippen LogP contribution is -2.35. The lowest BCUT2D eigenvalue weighted by atomic mass is 10.2.